The summed E-state index contributed by atoms with van der Waals surface area (Å²) >= 11 is 7.71. The number of hydrogen-bond acceptors (Lipinski definition) is 5. The molecule has 7 heteroatoms. The number of carbonyl (C=O) groups excluding carboxylic acids is 1. The zero-order valence-electron chi connectivity index (χ0n) is 14.3. The Bertz CT molecular complexity index is 899. The fraction of sp³-hybridized carbons (Fsp3) is 0.211. The Morgan fingerprint density at radius 2 is 2.15 bits per heavy atom. The predicted octanol–water partition coefficient (Wildman–Crippen LogP) is 4.67. The third kappa shape index (κ3) is 4.14. The molecule has 3 rings (SSSR count). The molecule has 0 saturated heterocycles. The first kappa shape index (κ1) is 18.6. The SMILES string of the molecule is CC(=O)C1=C(C)NC(SCc2ccccn2)=NC1c1ccc(F)cc1Cl. The molecule has 0 fully saturated rings. The summed E-state index contributed by atoms with van der Waals surface area (Å²) in [7, 11) is 0. The number of nitrogens with one attached hydrogen (secondary N) is 1. The number of Topliss-reactive ketones (excluding diaryl/α,β-unsaturated/α-hetero) is 1. The molecular formula is C19H17ClFN3OS. The van der Waals surface area contributed by atoms with Gasteiger partial charge in [0.15, 0.2) is 11.0 Å². The van der Waals surface area contributed by atoms with Crippen LogP contribution in [0, 0.1) is 5.82 Å². The summed E-state index contributed by atoms with van der Waals surface area (Å²) in [4.78, 5) is 21.1. The highest BCUT2D eigenvalue weighted by Gasteiger charge is 2.28. The molecule has 0 bridgehead atoms. The fourth-order valence-electron chi connectivity index (χ4n) is 2.75. The van der Waals surface area contributed by atoms with Crippen molar-refractivity contribution in [2.24, 2.45) is 4.99 Å². The first-order chi connectivity index (χ1) is 12.5. The van der Waals surface area contributed by atoms with Crippen molar-refractivity contribution in [2.45, 2.75) is 25.6 Å². The number of allylic oxidation sites excluding steroid dienone is 1. The highest BCUT2D eigenvalue weighted by Crippen LogP contribution is 2.36. The zero-order chi connectivity index (χ0) is 18.7. The van der Waals surface area contributed by atoms with Crippen molar-refractivity contribution < 1.29 is 9.18 Å². The first-order valence-corrected chi connectivity index (χ1v) is 9.36. The van der Waals surface area contributed by atoms with Crippen molar-refractivity contribution in [3.05, 3.63) is 76.0 Å². The molecule has 1 N–H and O–H groups in total. The summed E-state index contributed by atoms with van der Waals surface area (Å²) in [5.74, 6) is 0.114. The second-order valence-corrected chi connectivity index (χ2v) is 7.20. The van der Waals surface area contributed by atoms with E-state index in [1.165, 1.54) is 30.8 Å². The molecule has 0 saturated carbocycles. The van der Waals surface area contributed by atoms with E-state index < -0.39 is 11.9 Å². The number of halogens is 2. The molecule has 4 nitrogen and oxygen atoms in total. The van der Waals surface area contributed by atoms with Crippen molar-refractivity contribution in [1.82, 2.24) is 10.3 Å². The molecule has 26 heavy (non-hydrogen) atoms. The summed E-state index contributed by atoms with van der Waals surface area (Å²) in [5, 5.41) is 4.10. The minimum atomic E-state index is -0.562. The maximum Gasteiger partial charge on any atom is 0.162 e. The molecule has 0 spiro atoms. The van der Waals surface area contributed by atoms with Crippen LogP contribution in [0.1, 0.15) is 31.1 Å². The number of rotatable bonds is 4. The fourth-order valence-corrected chi connectivity index (χ4v) is 3.88. The Morgan fingerprint density at radius 1 is 1.35 bits per heavy atom. The van der Waals surface area contributed by atoms with E-state index in [9.17, 15) is 9.18 Å². The van der Waals surface area contributed by atoms with E-state index in [2.05, 4.69) is 15.3 Å². The molecular weight excluding hydrogens is 373 g/mol. The summed E-state index contributed by atoms with van der Waals surface area (Å²) in [6.45, 7) is 3.32. The van der Waals surface area contributed by atoms with Gasteiger partial charge in [0.1, 0.15) is 11.9 Å². The van der Waals surface area contributed by atoms with Crippen molar-refractivity contribution in [3.63, 3.8) is 0 Å². The number of benzene rings is 1. The highest BCUT2D eigenvalue weighted by atomic mass is 35.5. The summed E-state index contributed by atoms with van der Waals surface area (Å²) in [6.07, 6.45) is 1.74. The molecule has 2 heterocycles. The van der Waals surface area contributed by atoms with Gasteiger partial charge in [0, 0.05) is 33.8 Å². The zero-order valence-corrected chi connectivity index (χ0v) is 15.9. The van der Waals surface area contributed by atoms with Crippen molar-refractivity contribution in [3.8, 4) is 0 Å². The van der Waals surface area contributed by atoms with Gasteiger partial charge < -0.3 is 5.32 Å². The van der Waals surface area contributed by atoms with Crippen LogP contribution in [0.25, 0.3) is 0 Å². The van der Waals surface area contributed by atoms with E-state index in [0.29, 0.717) is 22.1 Å². The average Bonchev–Trinajstić information content (AvgIpc) is 2.60. The van der Waals surface area contributed by atoms with Crippen LogP contribution >= 0.6 is 23.4 Å². The number of amidine groups is 1. The number of thioether (sulfide) groups is 1. The van der Waals surface area contributed by atoms with E-state index in [-0.39, 0.29) is 10.8 Å². The molecule has 1 aromatic heterocycles. The Labute approximate surface area is 160 Å². The third-order valence-corrected chi connectivity index (χ3v) is 5.19. The quantitative estimate of drug-likeness (QED) is 0.825. The molecule has 1 aliphatic rings. The van der Waals surface area contributed by atoms with Crippen LogP contribution in [0.5, 0.6) is 0 Å². The standard InChI is InChI=1S/C19H17ClFN3OS/c1-11-17(12(2)25)18(15-7-6-13(21)9-16(15)20)24-19(23-11)26-10-14-5-3-4-8-22-14/h3-9,18H,10H2,1-2H3,(H,23,24). The van der Waals surface area contributed by atoms with E-state index in [0.717, 1.165) is 11.4 Å². The van der Waals surface area contributed by atoms with E-state index in [1.54, 1.807) is 12.3 Å². The number of pyridine rings is 1. The molecule has 134 valence electrons. The van der Waals surface area contributed by atoms with Gasteiger partial charge in [0.05, 0.1) is 5.69 Å². The molecule has 0 aliphatic carbocycles. The van der Waals surface area contributed by atoms with Crippen LogP contribution < -0.4 is 5.32 Å². The molecule has 1 atom stereocenters. The lowest BCUT2D eigenvalue weighted by molar-refractivity contribution is -0.113. The van der Waals surface area contributed by atoms with E-state index in [1.807, 2.05) is 25.1 Å². The van der Waals surface area contributed by atoms with Gasteiger partial charge in [0.2, 0.25) is 0 Å². The summed E-state index contributed by atoms with van der Waals surface area (Å²) in [5.41, 5.74) is 2.79. The third-order valence-electron chi connectivity index (χ3n) is 3.94. The lowest BCUT2D eigenvalue weighted by Crippen LogP contribution is -2.29. The molecule has 1 aliphatic heterocycles. The van der Waals surface area contributed by atoms with Gasteiger partial charge in [0.25, 0.3) is 0 Å². The molecule has 2 aromatic rings. The van der Waals surface area contributed by atoms with E-state index in [4.69, 9.17) is 11.6 Å². The Kier molecular flexibility index (Phi) is 5.74. The lowest BCUT2D eigenvalue weighted by Gasteiger charge is -2.26. The molecule has 0 amide bonds. The number of aromatic nitrogens is 1. The van der Waals surface area contributed by atoms with Gasteiger partial charge in [-0.3, -0.25) is 9.78 Å². The van der Waals surface area contributed by atoms with Gasteiger partial charge in [-0.15, -0.1) is 0 Å². The smallest absolute Gasteiger partial charge is 0.162 e. The van der Waals surface area contributed by atoms with Crippen molar-refractivity contribution in [1.29, 1.82) is 0 Å². The lowest BCUT2D eigenvalue weighted by atomic mass is 9.94. The minimum absolute atomic E-state index is 0.0992. The van der Waals surface area contributed by atoms with Crippen molar-refractivity contribution >= 4 is 34.3 Å². The Balaban J connectivity index is 1.92. The van der Waals surface area contributed by atoms with Crippen molar-refractivity contribution in [2.75, 3.05) is 0 Å². The summed E-state index contributed by atoms with van der Waals surface area (Å²) in [6, 6.07) is 9.31. The number of nitrogens with zero attached hydrogens (tertiary/aromatic N) is 2. The topological polar surface area (TPSA) is 54.4 Å². The highest BCUT2D eigenvalue weighted by molar-refractivity contribution is 8.13. The van der Waals surface area contributed by atoms with Crippen LogP contribution in [-0.2, 0) is 10.5 Å². The number of carbonyl (C=O) groups is 1. The summed E-state index contributed by atoms with van der Waals surface area (Å²) < 4.78 is 13.4. The van der Waals surface area contributed by atoms with Crippen LogP contribution in [0.3, 0.4) is 0 Å². The van der Waals surface area contributed by atoms with E-state index >= 15 is 0 Å². The van der Waals surface area contributed by atoms with Crippen LogP contribution in [-0.4, -0.2) is 15.9 Å². The molecule has 1 aromatic carbocycles. The van der Waals surface area contributed by atoms with Gasteiger partial charge in [-0.2, -0.15) is 0 Å². The van der Waals surface area contributed by atoms with Gasteiger partial charge in [-0.1, -0.05) is 35.5 Å². The first-order valence-electron chi connectivity index (χ1n) is 8.00. The van der Waals surface area contributed by atoms with Crippen LogP contribution in [0.2, 0.25) is 5.02 Å². The van der Waals surface area contributed by atoms with Gasteiger partial charge in [-0.25, -0.2) is 9.38 Å². The molecule has 1 unspecified atom stereocenters. The van der Waals surface area contributed by atoms with Crippen LogP contribution in [0.4, 0.5) is 4.39 Å². The average molecular weight is 390 g/mol. The second kappa shape index (κ2) is 8.01. The Hall–Kier alpha value is -2.18. The normalized spacial score (nSPS) is 16.9. The largest absolute Gasteiger partial charge is 0.338 e. The van der Waals surface area contributed by atoms with Crippen LogP contribution in [0.15, 0.2) is 58.9 Å². The minimum Gasteiger partial charge on any atom is -0.338 e. The molecule has 0 radical (unpaired) electrons. The van der Waals surface area contributed by atoms with Gasteiger partial charge in [-0.05, 0) is 38.1 Å². The predicted molar refractivity (Wildman–Crippen MR) is 104 cm³/mol. The number of hydrogen-bond donors (Lipinski definition) is 1. The second-order valence-electron chi connectivity index (χ2n) is 5.83. The monoisotopic (exact) mass is 389 g/mol. The number of aliphatic imine (C=N–C) groups is 1. The maximum absolute atomic E-state index is 13.4. The number of ketones is 1. The Morgan fingerprint density at radius 3 is 2.81 bits per heavy atom. The maximum atomic E-state index is 13.4. The van der Waals surface area contributed by atoms with Gasteiger partial charge >= 0.3 is 0 Å².